The van der Waals surface area contributed by atoms with Crippen molar-refractivity contribution in [2.45, 2.75) is 39.2 Å². The molecule has 0 spiro atoms. The molecule has 2 aromatic carbocycles. The molecular weight excluding hydrogens is 251 g/mol. The fraction of sp³-hybridized carbons (Fsp3) is 0.333. The number of benzene rings is 2. The van der Waals surface area contributed by atoms with Crippen molar-refractivity contribution in [2.24, 2.45) is 0 Å². The van der Waals surface area contributed by atoms with Crippen LogP contribution in [0.1, 0.15) is 42.2 Å². The molecule has 1 unspecified atom stereocenters. The summed E-state index contributed by atoms with van der Waals surface area (Å²) >= 11 is 0. The van der Waals surface area contributed by atoms with Crippen LogP contribution in [0.5, 0.6) is 0 Å². The van der Waals surface area contributed by atoms with E-state index < -0.39 is 11.5 Å². The first kappa shape index (κ1) is 14.7. The van der Waals surface area contributed by atoms with E-state index in [2.05, 4.69) is 6.07 Å². The quantitative estimate of drug-likeness (QED) is 0.875. The van der Waals surface area contributed by atoms with E-state index >= 15 is 0 Å². The van der Waals surface area contributed by atoms with Gasteiger partial charge in [0.1, 0.15) is 5.82 Å². The lowest BCUT2D eigenvalue weighted by Gasteiger charge is -2.32. The Morgan fingerprint density at radius 3 is 2.15 bits per heavy atom. The van der Waals surface area contributed by atoms with Gasteiger partial charge in [-0.15, -0.1) is 0 Å². The zero-order valence-electron chi connectivity index (χ0n) is 12.4. The van der Waals surface area contributed by atoms with Gasteiger partial charge in [0, 0.05) is 5.41 Å². The van der Waals surface area contributed by atoms with Crippen LogP contribution in [0.4, 0.5) is 4.39 Å². The molecule has 106 valence electrons. The smallest absolute Gasteiger partial charge is 0.123 e. The van der Waals surface area contributed by atoms with Crippen molar-refractivity contribution >= 4 is 0 Å². The Hall–Kier alpha value is -1.67. The average molecular weight is 272 g/mol. The molecule has 0 aliphatic carbocycles. The van der Waals surface area contributed by atoms with Crippen molar-refractivity contribution in [3.05, 3.63) is 70.5 Å². The molecule has 0 heterocycles. The lowest BCUT2D eigenvalue weighted by atomic mass is 9.75. The van der Waals surface area contributed by atoms with Crippen LogP contribution in [0.15, 0.2) is 42.5 Å². The maximum atomic E-state index is 13.0. The van der Waals surface area contributed by atoms with Crippen LogP contribution in [-0.4, -0.2) is 5.11 Å². The second-order valence-electron chi connectivity index (χ2n) is 5.99. The molecular formula is C18H21FO. The minimum atomic E-state index is -0.631. The first-order valence-electron chi connectivity index (χ1n) is 6.83. The zero-order chi connectivity index (χ0) is 14.9. The van der Waals surface area contributed by atoms with Gasteiger partial charge in [-0.1, -0.05) is 49.7 Å². The monoisotopic (exact) mass is 272 g/mol. The summed E-state index contributed by atoms with van der Waals surface area (Å²) in [7, 11) is 0. The summed E-state index contributed by atoms with van der Waals surface area (Å²) in [5.74, 6) is -0.259. The molecule has 0 aliphatic rings. The molecule has 2 aromatic rings. The SMILES string of the molecule is Cc1ccc(C(O)C(C)(C)c2ccc(F)cc2)c(C)c1. The van der Waals surface area contributed by atoms with Crippen molar-refractivity contribution < 1.29 is 9.50 Å². The molecule has 0 radical (unpaired) electrons. The fourth-order valence-electron chi connectivity index (χ4n) is 2.56. The third-order valence-electron chi connectivity index (χ3n) is 3.99. The van der Waals surface area contributed by atoms with Crippen molar-refractivity contribution in [3.8, 4) is 0 Å². The van der Waals surface area contributed by atoms with Crippen molar-refractivity contribution in [1.29, 1.82) is 0 Å². The van der Waals surface area contributed by atoms with E-state index in [1.807, 2.05) is 39.8 Å². The van der Waals surface area contributed by atoms with E-state index in [0.29, 0.717) is 0 Å². The zero-order valence-corrected chi connectivity index (χ0v) is 12.4. The molecule has 1 N–H and O–H groups in total. The molecule has 0 aliphatic heterocycles. The highest BCUT2D eigenvalue weighted by molar-refractivity contribution is 5.36. The summed E-state index contributed by atoms with van der Waals surface area (Å²) < 4.78 is 13.0. The molecule has 2 rings (SSSR count). The molecule has 0 amide bonds. The maximum absolute atomic E-state index is 13.0. The summed E-state index contributed by atoms with van der Waals surface area (Å²) in [5, 5.41) is 10.7. The number of halogens is 1. The van der Waals surface area contributed by atoms with Gasteiger partial charge in [-0.05, 0) is 42.7 Å². The first-order chi connectivity index (χ1) is 9.32. The van der Waals surface area contributed by atoms with E-state index in [1.165, 1.54) is 17.7 Å². The number of rotatable bonds is 3. The summed E-state index contributed by atoms with van der Waals surface area (Å²) in [6, 6.07) is 12.4. The number of hydrogen-bond donors (Lipinski definition) is 1. The Kier molecular flexibility index (Phi) is 3.96. The fourth-order valence-corrected chi connectivity index (χ4v) is 2.56. The molecule has 1 nitrogen and oxygen atoms in total. The lowest BCUT2D eigenvalue weighted by Crippen LogP contribution is -2.27. The maximum Gasteiger partial charge on any atom is 0.123 e. The summed E-state index contributed by atoms with van der Waals surface area (Å²) in [4.78, 5) is 0. The summed E-state index contributed by atoms with van der Waals surface area (Å²) in [6.45, 7) is 8.00. The lowest BCUT2D eigenvalue weighted by molar-refractivity contribution is 0.0996. The second kappa shape index (κ2) is 5.37. The van der Waals surface area contributed by atoms with Crippen LogP contribution in [0.25, 0.3) is 0 Å². The average Bonchev–Trinajstić information content (AvgIpc) is 2.38. The van der Waals surface area contributed by atoms with Crippen LogP contribution < -0.4 is 0 Å². The van der Waals surface area contributed by atoms with Crippen LogP contribution in [0.2, 0.25) is 0 Å². The van der Waals surface area contributed by atoms with Crippen LogP contribution in [0.3, 0.4) is 0 Å². The number of aryl methyl sites for hydroxylation is 2. The molecule has 2 heteroatoms. The van der Waals surface area contributed by atoms with Gasteiger partial charge in [-0.3, -0.25) is 0 Å². The van der Waals surface area contributed by atoms with Crippen LogP contribution in [-0.2, 0) is 5.41 Å². The van der Waals surface area contributed by atoms with Gasteiger partial charge in [-0.2, -0.15) is 0 Å². The molecule has 0 aromatic heterocycles. The van der Waals surface area contributed by atoms with Gasteiger partial charge in [-0.25, -0.2) is 4.39 Å². The van der Waals surface area contributed by atoms with Gasteiger partial charge < -0.3 is 5.11 Å². The predicted octanol–water partition coefficient (Wildman–Crippen LogP) is 4.45. The Bertz CT molecular complexity index is 599. The Morgan fingerprint density at radius 2 is 1.60 bits per heavy atom. The highest BCUT2D eigenvalue weighted by Crippen LogP contribution is 2.38. The molecule has 0 saturated carbocycles. The number of aliphatic hydroxyl groups is 1. The van der Waals surface area contributed by atoms with Crippen LogP contribution >= 0.6 is 0 Å². The topological polar surface area (TPSA) is 20.2 Å². The normalized spacial score (nSPS) is 13.3. The van der Waals surface area contributed by atoms with E-state index in [4.69, 9.17) is 0 Å². The minimum Gasteiger partial charge on any atom is -0.387 e. The summed E-state index contributed by atoms with van der Waals surface area (Å²) in [6.07, 6.45) is -0.631. The van der Waals surface area contributed by atoms with Gasteiger partial charge in [0.15, 0.2) is 0 Å². The molecule has 0 fully saturated rings. The predicted molar refractivity (Wildman–Crippen MR) is 80.3 cm³/mol. The Morgan fingerprint density at radius 1 is 1.00 bits per heavy atom. The largest absolute Gasteiger partial charge is 0.387 e. The third-order valence-corrected chi connectivity index (χ3v) is 3.99. The molecule has 1 atom stereocenters. The van der Waals surface area contributed by atoms with E-state index in [1.54, 1.807) is 12.1 Å². The van der Waals surface area contributed by atoms with Gasteiger partial charge in [0.05, 0.1) is 6.10 Å². The van der Waals surface area contributed by atoms with E-state index in [-0.39, 0.29) is 5.82 Å². The molecule has 0 bridgehead atoms. The van der Waals surface area contributed by atoms with Crippen molar-refractivity contribution in [2.75, 3.05) is 0 Å². The van der Waals surface area contributed by atoms with Crippen molar-refractivity contribution in [1.82, 2.24) is 0 Å². The number of aliphatic hydroxyl groups excluding tert-OH is 1. The first-order valence-corrected chi connectivity index (χ1v) is 6.83. The standard InChI is InChI=1S/C18H21FO/c1-12-5-10-16(13(2)11-12)17(20)18(3,4)14-6-8-15(19)9-7-14/h5-11,17,20H,1-4H3. The van der Waals surface area contributed by atoms with Crippen LogP contribution in [0, 0.1) is 19.7 Å². The number of hydrogen-bond acceptors (Lipinski definition) is 1. The third kappa shape index (κ3) is 2.75. The van der Waals surface area contributed by atoms with Gasteiger partial charge in [0.2, 0.25) is 0 Å². The molecule has 0 saturated heterocycles. The minimum absolute atomic E-state index is 0.259. The summed E-state index contributed by atoms with van der Waals surface area (Å²) in [5.41, 5.74) is 3.62. The Balaban J connectivity index is 2.39. The Labute approximate surface area is 120 Å². The molecule has 20 heavy (non-hydrogen) atoms. The van der Waals surface area contributed by atoms with Gasteiger partial charge in [0.25, 0.3) is 0 Å². The van der Waals surface area contributed by atoms with E-state index in [0.717, 1.165) is 16.7 Å². The van der Waals surface area contributed by atoms with E-state index in [9.17, 15) is 9.50 Å². The highest BCUT2D eigenvalue weighted by Gasteiger charge is 2.31. The van der Waals surface area contributed by atoms with Crippen molar-refractivity contribution in [3.63, 3.8) is 0 Å². The second-order valence-corrected chi connectivity index (χ2v) is 5.99. The highest BCUT2D eigenvalue weighted by atomic mass is 19.1. The van der Waals surface area contributed by atoms with Gasteiger partial charge >= 0.3 is 0 Å².